The van der Waals surface area contributed by atoms with E-state index in [1.807, 2.05) is 26.8 Å². The molecule has 19 heteroatoms. The average Bonchev–Trinajstić information content (AvgIpc) is 3.62. The van der Waals surface area contributed by atoms with Gasteiger partial charge in [-0.1, -0.05) is 36.8 Å². The Morgan fingerprint density at radius 2 is 1.11 bits per heavy atom. The molecular weight excluding hydrogens is 977 g/mol. The largest absolute Gasteiger partial charge is 0.458 e. The highest BCUT2D eigenvalue weighted by atomic mass is 16.8. The summed E-state index contributed by atoms with van der Waals surface area (Å²) in [4.78, 5) is 27.1. The molecule has 1 aromatic rings. The molecule has 422 valence electrons. The highest BCUT2D eigenvalue weighted by molar-refractivity contribution is 5.90. The van der Waals surface area contributed by atoms with Crippen LogP contribution in [0.25, 0.3) is 0 Å². The number of hydrogen-bond acceptors (Lipinski definition) is 19. The molecule has 4 aliphatic heterocycles. The fraction of sp³-hybridized carbons (Fsp3) is 0.821. The number of Topliss-reactive ketones (excluding diaryl/α,β-unsaturated/α-hetero) is 1. The zero-order valence-electron chi connectivity index (χ0n) is 45.6. The van der Waals surface area contributed by atoms with E-state index in [4.69, 9.17) is 61.6 Å². The van der Waals surface area contributed by atoms with Gasteiger partial charge in [0.2, 0.25) is 0 Å². The van der Waals surface area contributed by atoms with Crippen LogP contribution in [0.2, 0.25) is 0 Å². The Kier molecular flexibility index (Phi) is 16.9. The molecule has 4 saturated heterocycles. The van der Waals surface area contributed by atoms with Crippen molar-refractivity contribution in [3.8, 4) is 0 Å². The Morgan fingerprint density at radius 3 is 1.60 bits per heavy atom. The number of fused-ring (bicyclic) bond motifs is 5. The molecule has 1 aromatic carbocycles. The fourth-order valence-corrected chi connectivity index (χ4v) is 14.9. The molecule has 0 bridgehead atoms. The van der Waals surface area contributed by atoms with Gasteiger partial charge < -0.3 is 82.0 Å². The van der Waals surface area contributed by atoms with Crippen molar-refractivity contribution in [3.05, 3.63) is 47.5 Å². The number of ether oxygens (including phenoxy) is 13. The quantitative estimate of drug-likeness (QED) is 0.136. The van der Waals surface area contributed by atoms with Crippen LogP contribution in [0.5, 0.6) is 0 Å². The minimum Gasteiger partial charge on any atom is -0.458 e. The van der Waals surface area contributed by atoms with E-state index in [0.717, 1.165) is 5.57 Å². The molecule has 7 fully saturated rings. The summed E-state index contributed by atoms with van der Waals surface area (Å²) in [5.74, 6) is -1.75. The highest BCUT2D eigenvalue weighted by Crippen LogP contribution is 2.71. The van der Waals surface area contributed by atoms with Gasteiger partial charge >= 0.3 is 5.97 Å². The van der Waals surface area contributed by atoms with E-state index in [1.165, 1.54) is 6.92 Å². The molecule has 0 unspecified atom stereocenters. The van der Waals surface area contributed by atoms with Crippen molar-refractivity contribution < 1.29 is 91.6 Å². The van der Waals surface area contributed by atoms with E-state index in [0.29, 0.717) is 50.5 Å². The van der Waals surface area contributed by atoms with Gasteiger partial charge in [-0.3, -0.25) is 4.79 Å². The van der Waals surface area contributed by atoms with Gasteiger partial charge in [0.1, 0.15) is 47.3 Å². The van der Waals surface area contributed by atoms with Crippen LogP contribution in [0, 0.1) is 16.7 Å². The lowest BCUT2D eigenvalue weighted by molar-refractivity contribution is -0.347. The number of carbonyl (C=O) groups is 2. The van der Waals surface area contributed by atoms with Crippen molar-refractivity contribution in [1.82, 2.24) is 0 Å². The zero-order valence-corrected chi connectivity index (χ0v) is 45.6. The van der Waals surface area contributed by atoms with Crippen molar-refractivity contribution in [2.75, 3.05) is 28.4 Å². The van der Waals surface area contributed by atoms with E-state index >= 15 is 0 Å². The number of rotatable bonds is 15. The second-order valence-corrected chi connectivity index (χ2v) is 23.2. The third-order valence-corrected chi connectivity index (χ3v) is 19.4. The number of hydrogen-bond donors (Lipinski definition) is 4. The molecule has 9 rings (SSSR count). The van der Waals surface area contributed by atoms with Crippen LogP contribution in [0.15, 0.2) is 42.0 Å². The predicted molar refractivity (Wildman–Crippen MR) is 266 cm³/mol. The van der Waals surface area contributed by atoms with E-state index < -0.39 is 144 Å². The first-order valence-electron chi connectivity index (χ1n) is 27.2. The Bertz CT molecular complexity index is 2180. The van der Waals surface area contributed by atoms with Crippen molar-refractivity contribution in [2.24, 2.45) is 16.7 Å². The summed E-state index contributed by atoms with van der Waals surface area (Å²) in [5, 5.41) is 48.5. The minimum atomic E-state index is -2.04. The second kappa shape index (κ2) is 22.2. The Balaban J connectivity index is 0.810. The van der Waals surface area contributed by atoms with Crippen LogP contribution in [-0.4, -0.2) is 188 Å². The number of carbonyl (C=O) groups excluding carboxylic acids is 2. The molecular formula is C56H84O19. The standard InChI is InChI=1S/C56H84O19/c1-29-47(58)37(63-8)24-44(67-29)73-49-31(3)69-46(26-39(49)65-10)75-50-32(4)70-45(27-40(50)66-11)74-48-30(2)68-43(25-38(48)64-9)71-36-18-19-52(6)35(23-36)17-20-55(61)41(52)28-42(72-51(59)34-15-13-12-14-16-34)53(7)54(60,33(5)57)21-22-56(53,55)62/h12-17,29-32,36-50,58,60-62H,18-28H2,1-11H3/t29-,30+,31+,32-,36-,37+,38-,39-,40-,41+,42+,43-,44-,45-,46-,47-,48+,49+,50+,52-,53+,54+,55-,56-/m0/s1. The Labute approximate surface area is 441 Å². The second-order valence-electron chi connectivity index (χ2n) is 23.2. The molecule has 4 N–H and O–H groups in total. The summed E-state index contributed by atoms with van der Waals surface area (Å²) in [6, 6.07) is 8.53. The maximum absolute atomic E-state index is 13.7. The Hall–Kier alpha value is -2.54. The number of ketones is 1. The van der Waals surface area contributed by atoms with Gasteiger partial charge in [-0.2, -0.15) is 0 Å². The molecule has 75 heavy (non-hydrogen) atoms. The molecule has 4 aliphatic carbocycles. The zero-order chi connectivity index (χ0) is 54.0. The maximum atomic E-state index is 13.7. The van der Waals surface area contributed by atoms with Crippen LogP contribution < -0.4 is 0 Å². The van der Waals surface area contributed by atoms with Crippen molar-refractivity contribution in [2.45, 2.75) is 247 Å². The van der Waals surface area contributed by atoms with E-state index in [9.17, 15) is 30.0 Å². The fourth-order valence-electron chi connectivity index (χ4n) is 14.9. The van der Waals surface area contributed by atoms with Gasteiger partial charge in [-0.25, -0.2) is 4.79 Å². The normalized spacial score (nSPS) is 48.9. The van der Waals surface area contributed by atoms with Crippen molar-refractivity contribution >= 4 is 11.8 Å². The highest BCUT2D eigenvalue weighted by Gasteiger charge is 2.81. The number of benzene rings is 1. The minimum absolute atomic E-state index is 0.0438. The summed E-state index contributed by atoms with van der Waals surface area (Å²) in [6.45, 7) is 12.5. The molecule has 0 aromatic heterocycles. The van der Waals surface area contributed by atoms with Crippen molar-refractivity contribution in [1.29, 1.82) is 0 Å². The number of methoxy groups -OCH3 is 4. The lowest BCUT2D eigenvalue weighted by Crippen LogP contribution is -2.78. The molecule has 0 radical (unpaired) electrons. The number of aliphatic hydroxyl groups is 4. The lowest BCUT2D eigenvalue weighted by Gasteiger charge is -2.67. The molecule has 24 atom stereocenters. The third-order valence-electron chi connectivity index (χ3n) is 19.4. The number of aliphatic hydroxyl groups excluding tert-OH is 1. The summed E-state index contributed by atoms with van der Waals surface area (Å²) in [5.41, 5.74) is -6.68. The van der Waals surface area contributed by atoms with Gasteiger partial charge in [0, 0.05) is 60.0 Å². The number of esters is 1. The smallest absolute Gasteiger partial charge is 0.338 e. The van der Waals surface area contributed by atoms with Crippen LogP contribution >= 0.6 is 0 Å². The van der Waals surface area contributed by atoms with E-state index in [1.54, 1.807) is 72.6 Å². The van der Waals surface area contributed by atoms with Gasteiger partial charge in [0.15, 0.2) is 30.9 Å². The van der Waals surface area contributed by atoms with Gasteiger partial charge in [-0.15, -0.1) is 0 Å². The summed E-state index contributed by atoms with van der Waals surface area (Å²) in [7, 11) is 6.48. The van der Waals surface area contributed by atoms with Crippen LogP contribution in [0.3, 0.4) is 0 Å². The summed E-state index contributed by atoms with van der Waals surface area (Å²) >= 11 is 0. The van der Waals surface area contributed by atoms with Crippen LogP contribution in [-0.2, 0) is 66.4 Å². The summed E-state index contributed by atoms with van der Waals surface area (Å²) in [6.07, 6.45) is -4.06. The molecule has 0 spiro atoms. The van der Waals surface area contributed by atoms with Gasteiger partial charge in [0.05, 0.1) is 65.9 Å². The van der Waals surface area contributed by atoms with Gasteiger partial charge in [-0.05, 0) is 104 Å². The molecule has 8 aliphatic rings. The monoisotopic (exact) mass is 1060 g/mol. The van der Waals surface area contributed by atoms with Crippen molar-refractivity contribution in [3.63, 3.8) is 0 Å². The Morgan fingerprint density at radius 1 is 0.627 bits per heavy atom. The lowest BCUT2D eigenvalue weighted by atomic mass is 9.42. The summed E-state index contributed by atoms with van der Waals surface area (Å²) < 4.78 is 81.6. The topological polar surface area (TPSA) is 235 Å². The van der Waals surface area contributed by atoms with Crippen LogP contribution in [0.4, 0.5) is 0 Å². The third kappa shape index (κ3) is 10.0. The first-order chi connectivity index (χ1) is 35.6. The molecule has 4 heterocycles. The first kappa shape index (κ1) is 57.2. The van der Waals surface area contributed by atoms with Gasteiger partial charge in [0.25, 0.3) is 0 Å². The average molecular weight is 1060 g/mol. The van der Waals surface area contributed by atoms with E-state index in [-0.39, 0.29) is 37.9 Å². The van der Waals surface area contributed by atoms with E-state index in [2.05, 4.69) is 6.92 Å². The van der Waals surface area contributed by atoms with Crippen LogP contribution in [0.1, 0.15) is 129 Å². The maximum Gasteiger partial charge on any atom is 0.338 e. The molecule has 19 nitrogen and oxygen atoms in total. The molecule has 0 amide bonds. The SMILES string of the molecule is CO[C@H]1C[C@H](O[C@H]2[C@@H](OC)C[C@H](O[C@H]3CC[C@@]4(C)C(=CC[C@]5(O)[C@@H]4C[C@@H](OC(=O)c4ccccc4)[C@@]4(C)[C@@]5(O)CC[C@@]4(O)C(C)=O)C3)O[C@@H]2C)O[C@@H](C)[C@H]1O[C@H]1C[C@H](OC)[C@H](O[C@H]2C[C@@H](OC)[C@@H](O)[C@H](C)O2)[C@@H](C)O1. The predicted octanol–water partition coefficient (Wildman–Crippen LogP) is 4.84. The first-order valence-corrected chi connectivity index (χ1v) is 27.2. The molecule has 3 saturated carbocycles.